The van der Waals surface area contributed by atoms with Crippen LogP contribution in [0.2, 0.25) is 0 Å². The van der Waals surface area contributed by atoms with Crippen molar-refractivity contribution in [2.45, 2.75) is 39.7 Å². The largest absolute Gasteiger partial charge is 0.314 e. The fraction of sp³-hybridized carbons (Fsp3) is 0.538. The van der Waals surface area contributed by atoms with Gasteiger partial charge in [0.2, 0.25) is 0 Å². The van der Waals surface area contributed by atoms with Crippen LogP contribution in [0.5, 0.6) is 0 Å². The Hall–Kier alpha value is -0.890. The van der Waals surface area contributed by atoms with Crippen molar-refractivity contribution in [1.82, 2.24) is 5.32 Å². The average molecular weight is 209 g/mol. The van der Waals surface area contributed by atoms with Crippen molar-refractivity contribution in [3.8, 4) is 0 Å². The molecule has 1 rings (SSSR count). The molecule has 2 unspecified atom stereocenters. The molecule has 1 nitrogen and oxygen atoms in total. The van der Waals surface area contributed by atoms with Crippen LogP contribution in [0.25, 0.3) is 0 Å². The number of hydrogen-bond acceptors (Lipinski definition) is 1. The van der Waals surface area contributed by atoms with Gasteiger partial charge < -0.3 is 5.32 Å². The molecule has 0 aromatic heterocycles. The van der Waals surface area contributed by atoms with Crippen LogP contribution in [0, 0.1) is 12.7 Å². The van der Waals surface area contributed by atoms with E-state index in [9.17, 15) is 4.39 Å². The summed E-state index contributed by atoms with van der Waals surface area (Å²) in [5, 5.41) is 3.39. The van der Waals surface area contributed by atoms with Crippen molar-refractivity contribution in [2.24, 2.45) is 0 Å². The zero-order valence-electron chi connectivity index (χ0n) is 9.97. The summed E-state index contributed by atoms with van der Waals surface area (Å²) in [7, 11) is 0. The lowest BCUT2D eigenvalue weighted by atomic mass is 9.91. The van der Waals surface area contributed by atoms with E-state index in [1.807, 2.05) is 13.0 Å². The molecule has 0 spiro atoms. The summed E-state index contributed by atoms with van der Waals surface area (Å²) >= 11 is 0. The number of benzene rings is 1. The molecule has 1 aromatic carbocycles. The highest BCUT2D eigenvalue weighted by atomic mass is 19.1. The predicted octanol–water partition coefficient (Wildman–Crippen LogP) is 3.24. The molecular weight excluding hydrogens is 189 g/mol. The van der Waals surface area contributed by atoms with Gasteiger partial charge in [-0.25, -0.2) is 4.39 Å². The highest BCUT2D eigenvalue weighted by Crippen LogP contribution is 2.23. The second-order valence-electron chi connectivity index (χ2n) is 4.14. The molecule has 84 valence electrons. The molecule has 2 atom stereocenters. The highest BCUT2D eigenvalue weighted by molar-refractivity contribution is 5.30. The lowest BCUT2D eigenvalue weighted by Crippen LogP contribution is -2.30. The Morgan fingerprint density at radius 3 is 2.53 bits per heavy atom. The third-order valence-corrected chi connectivity index (χ3v) is 3.00. The van der Waals surface area contributed by atoms with Gasteiger partial charge in [-0.1, -0.05) is 19.9 Å². The van der Waals surface area contributed by atoms with Gasteiger partial charge in [0.25, 0.3) is 0 Å². The van der Waals surface area contributed by atoms with E-state index in [0.29, 0.717) is 12.0 Å². The Kier molecular flexibility index (Phi) is 4.28. The van der Waals surface area contributed by atoms with Crippen molar-refractivity contribution < 1.29 is 4.39 Å². The molecule has 0 bridgehead atoms. The van der Waals surface area contributed by atoms with Crippen LogP contribution in [0.1, 0.15) is 37.8 Å². The van der Waals surface area contributed by atoms with E-state index in [1.165, 1.54) is 11.6 Å². The minimum Gasteiger partial charge on any atom is -0.314 e. The monoisotopic (exact) mass is 209 g/mol. The van der Waals surface area contributed by atoms with E-state index in [2.05, 4.69) is 26.1 Å². The maximum Gasteiger partial charge on any atom is 0.123 e. The molecule has 0 aliphatic carbocycles. The van der Waals surface area contributed by atoms with Crippen LogP contribution in [0.4, 0.5) is 4.39 Å². The number of nitrogens with one attached hydrogen (secondary N) is 1. The summed E-state index contributed by atoms with van der Waals surface area (Å²) < 4.78 is 12.9. The molecule has 0 amide bonds. The third-order valence-electron chi connectivity index (χ3n) is 3.00. The Morgan fingerprint density at radius 1 is 1.33 bits per heavy atom. The number of halogens is 1. The van der Waals surface area contributed by atoms with Gasteiger partial charge in [-0.2, -0.15) is 0 Å². The number of hydrogen-bond donors (Lipinski definition) is 1. The molecule has 0 saturated heterocycles. The maximum atomic E-state index is 12.9. The van der Waals surface area contributed by atoms with E-state index in [1.54, 1.807) is 6.07 Å². The second kappa shape index (κ2) is 5.26. The number of likely N-dealkylation sites (N-methyl/N-ethyl adjacent to an activating group) is 1. The molecule has 0 radical (unpaired) electrons. The minimum atomic E-state index is -0.153. The van der Waals surface area contributed by atoms with Crippen LogP contribution in [0.15, 0.2) is 18.2 Å². The van der Waals surface area contributed by atoms with Crippen LogP contribution >= 0.6 is 0 Å². The van der Waals surface area contributed by atoms with Crippen molar-refractivity contribution in [1.29, 1.82) is 0 Å². The van der Waals surface area contributed by atoms with Crippen molar-refractivity contribution >= 4 is 0 Å². The van der Waals surface area contributed by atoms with Crippen LogP contribution < -0.4 is 5.32 Å². The number of aryl methyl sites for hydroxylation is 1. The number of rotatable bonds is 4. The quantitative estimate of drug-likeness (QED) is 0.802. The normalized spacial score (nSPS) is 15.0. The Morgan fingerprint density at radius 2 is 2.00 bits per heavy atom. The molecule has 2 heteroatoms. The standard InChI is InChI=1S/C13H20FN/c1-5-15-11(4)10(3)13-7-6-12(14)8-9(13)2/h6-8,10-11,15H,5H2,1-4H3. The second-order valence-corrected chi connectivity index (χ2v) is 4.14. The van der Waals surface area contributed by atoms with E-state index in [4.69, 9.17) is 0 Å². The lowest BCUT2D eigenvalue weighted by Gasteiger charge is -2.22. The Bertz CT molecular complexity index is 322. The van der Waals surface area contributed by atoms with Gasteiger partial charge in [-0.05, 0) is 49.6 Å². The first-order chi connectivity index (χ1) is 7.06. The summed E-state index contributed by atoms with van der Waals surface area (Å²) in [6, 6.07) is 5.45. The summed E-state index contributed by atoms with van der Waals surface area (Å²) in [5.41, 5.74) is 2.26. The molecule has 0 aliphatic heterocycles. The van der Waals surface area contributed by atoms with Crippen LogP contribution in [0.3, 0.4) is 0 Å². The average Bonchev–Trinajstić information content (AvgIpc) is 2.17. The van der Waals surface area contributed by atoms with Gasteiger partial charge in [-0.3, -0.25) is 0 Å². The predicted molar refractivity (Wildman–Crippen MR) is 62.7 cm³/mol. The molecule has 0 heterocycles. The fourth-order valence-electron chi connectivity index (χ4n) is 1.92. The first-order valence-electron chi connectivity index (χ1n) is 5.55. The molecule has 0 fully saturated rings. The van der Waals surface area contributed by atoms with Gasteiger partial charge in [0.15, 0.2) is 0 Å². The third kappa shape index (κ3) is 3.03. The molecule has 0 saturated carbocycles. The minimum absolute atomic E-state index is 0.153. The zero-order chi connectivity index (χ0) is 11.4. The summed E-state index contributed by atoms with van der Waals surface area (Å²) in [4.78, 5) is 0. The van der Waals surface area contributed by atoms with Gasteiger partial charge >= 0.3 is 0 Å². The smallest absolute Gasteiger partial charge is 0.123 e. The van der Waals surface area contributed by atoms with E-state index < -0.39 is 0 Å². The first kappa shape index (κ1) is 12.2. The van der Waals surface area contributed by atoms with Gasteiger partial charge in [-0.15, -0.1) is 0 Å². The summed E-state index contributed by atoms with van der Waals surface area (Å²) in [5.74, 6) is 0.255. The molecule has 0 aliphatic rings. The fourth-order valence-corrected chi connectivity index (χ4v) is 1.92. The molecular formula is C13H20FN. The Labute approximate surface area is 91.7 Å². The highest BCUT2D eigenvalue weighted by Gasteiger charge is 2.15. The van der Waals surface area contributed by atoms with Gasteiger partial charge in [0, 0.05) is 6.04 Å². The van der Waals surface area contributed by atoms with E-state index in [-0.39, 0.29) is 5.82 Å². The molecule has 1 aromatic rings. The van der Waals surface area contributed by atoms with Crippen molar-refractivity contribution in [2.75, 3.05) is 6.54 Å². The van der Waals surface area contributed by atoms with Gasteiger partial charge in [0.1, 0.15) is 5.82 Å². The van der Waals surface area contributed by atoms with Crippen LogP contribution in [-0.2, 0) is 0 Å². The SMILES string of the molecule is CCNC(C)C(C)c1ccc(F)cc1C. The molecule has 1 N–H and O–H groups in total. The maximum absolute atomic E-state index is 12.9. The summed E-state index contributed by atoms with van der Waals surface area (Å²) in [6.07, 6.45) is 0. The lowest BCUT2D eigenvalue weighted by molar-refractivity contribution is 0.492. The van der Waals surface area contributed by atoms with Crippen LogP contribution in [-0.4, -0.2) is 12.6 Å². The van der Waals surface area contributed by atoms with Crippen molar-refractivity contribution in [3.63, 3.8) is 0 Å². The first-order valence-corrected chi connectivity index (χ1v) is 5.55. The van der Waals surface area contributed by atoms with E-state index >= 15 is 0 Å². The molecule has 15 heavy (non-hydrogen) atoms. The van der Waals surface area contributed by atoms with E-state index in [0.717, 1.165) is 12.1 Å². The summed E-state index contributed by atoms with van der Waals surface area (Å²) in [6.45, 7) is 9.37. The Balaban J connectivity index is 2.86. The topological polar surface area (TPSA) is 12.0 Å². The van der Waals surface area contributed by atoms with Gasteiger partial charge in [0.05, 0.1) is 0 Å². The van der Waals surface area contributed by atoms with Crippen molar-refractivity contribution in [3.05, 3.63) is 35.1 Å². The zero-order valence-corrected chi connectivity index (χ0v) is 9.97.